The fourth-order valence-electron chi connectivity index (χ4n) is 5.58. The number of anilines is 1. The number of rotatable bonds is 7. The number of ether oxygens (including phenoxy) is 2. The van der Waals surface area contributed by atoms with E-state index in [1.807, 2.05) is 45.0 Å². The van der Waals surface area contributed by atoms with Gasteiger partial charge in [-0.3, -0.25) is 19.2 Å². The van der Waals surface area contributed by atoms with Gasteiger partial charge in [0.2, 0.25) is 12.7 Å². The minimum absolute atomic E-state index is 0.0637. The second-order valence-corrected chi connectivity index (χ2v) is 10.9. The summed E-state index contributed by atoms with van der Waals surface area (Å²) >= 11 is 0. The molecule has 2 aromatic carbocycles. The molecule has 0 aliphatic carbocycles. The predicted octanol–water partition coefficient (Wildman–Crippen LogP) is 2.32. The Balaban J connectivity index is 1.31. The molecular formula is C29H34N4O6. The zero-order chi connectivity index (χ0) is 27.8. The quantitative estimate of drug-likeness (QED) is 0.581. The Morgan fingerprint density at radius 2 is 1.69 bits per heavy atom. The molecule has 3 atom stereocenters. The number of ketones is 1. The average Bonchev–Trinajstić information content (AvgIpc) is 3.63. The molecule has 0 saturated carbocycles. The van der Waals surface area contributed by atoms with Crippen LogP contribution in [0, 0.1) is 5.92 Å². The van der Waals surface area contributed by atoms with Gasteiger partial charge in [-0.1, -0.05) is 13.8 Å². The van der Waals surface area contributed by atoms with Crippen LogP contribution in [0.15, 0.2) is 42.5 Å². The first-order valence-corrected chi connectivity index (χ1v) is 13.3. The molecule has 3 heterocycles. The van der Waals surface area contributed by atoms with Crippen molar-refractivity contribution in [3.8, 4) is 11.5 Å². The van der Waals surface area contributed by atoms with Gasteiger partial charge in [0.15, 0.2) is 17.3 Å². The van der Waals surface area contributed by atoms with Crippen LogP contribution < -0.4 is 19.7 Å². The third-order valence-electron chi connectivity index (χ3n) is 7.54. The third kappa shape index (κ3) is 5.15. The van der Waals surface area contributed by atoms with Crippen molar-refractivity contribution in [2.24, 2.45) is 5.92 Å². The van der Waals surface area contributed by atoms with Gasteiger partial charge in [0, 0.05) is 37.5 Å². The van der Waals surface area contributed by atoms with Crippen molar-refractivity contribution in [1.82, 2.24) is 15.1 Å². The lowest BCUT2D eigenvalue weighted by atomic mass is 10.0. The third-order valence-corrected chi connectivity index (χ3v) is 7.54. The largest absolute Gasteiger partial charge is 0.454 e. The van der Waals surface area contributed by atoms with Gasteiger partial charge in [-0.25, -0.2) is 0 Å². The van der Waals surface area contributed by atoms with Crippen molar-refractivity contribution in [3.63, 3.8) is 0 Å². The van der Waals surface area contributed by atoms with Crippen molar-refractivity contribution in [1.29, 1.82) is 0 Å². The fourth-order valence-corrected chi connectivity index (χ4v) is 5.58. The van der Waals surface area contributed by atoms with E-state index >= 15 is 0 Å². The summed E-state index contributed by atoms with van der Waals surface area (Å²) in [5, 5.41) is 2.91. The minimum atomic E-state index is -0.781. The van der Waals surface area contributed by atoms with E-state index in [0.717, 1.165) is 5.69 Å². The highest BCUT2D eigenvalue weighted by Gasteiger charge is 2.52. The number of nitrogens with zero attached hydrogens (tertiary/aromatic N) is 3. The van der Waals surface area contributed by atoms with Crippen LogP contribution in [0.3, 0.4) is 0 Å². The second-order valence-electron chi connectivity index (χ2n) is 10.9. The van der Waals surface area contributed by atoms with Crippen LogP contribution in [0.1, 0.15) is 47.4 Å². The Bertz CT molecular complexity index is 1290. The van der Waals surface area contributed by atoms with E-state index in [9.17, 15) is 19.2 Å². The van der Waals surface area contributed by atoms with E-state index in [1.165, 1.54) is 0 Å². The first kappa shape index (κ1) is 26.5. The van der Waals surface area contributed by atoms with Crippen molar-refractivity contribution < 1.29 is 28.7 Å². The zero-order valence-corrected chi connectivity index (χ0v) is 22.7. The highest BCUT2D eigenvalue weighted by Crippen LogP contribution is 2.35. The first-order chi connectivity index (χ1) is 18.6. The van der Waals surface area contributed by atoms with E-state index in [4.69, 9.17) is 9.47 Å². The molecule has 3 aliphatic rings. The molecular weight excluding hydrogens is 500 g/mol. The van der Waals surface area contributed by atoms with Crippen LogP contribution in [0.2, 0.25) is 0 Å². The molecule has 0 spiro atoms. The maximum Gasteiger partial charge on any atom is 0.254 e. The molecule has 0 radical (unpaired) electrons. The SMILES string of the molecule is CC(C)C[C@H](NC(=O)c1ccc(N(C)C)cc1)C(=O)N1CCC2C1C(=O)CN2C(=O)c1ccc2c(c1)OCO2. The molecule has 5 rings (SSSR count). The van der Waals surface area contributed by atoms with Gasteiger partial charge in [0.1, 0.15) is 12.1 Å². The lowest BCUT2D eigenvalue weighted by molar-refractivity contribution is -0.138. The Hall–Kier alpha value is -4.08. The molecule has 2 saturated heterocycles. The first-order valence-electron chi connectivity index (χ1n) is 13.3. The number of hydrogen-bond donors (Lipinski definition) is 1. The number of amides is 3. The number of Topliss-reactive ketones (excluding diaryl/α,β-unsaturated/α-hetero) is 1. The molecule has 2 unspecified atom stereocenters. The van der Waals surface area contributed by atoms with Gasteiger partial charge < -0.3 is 29.5 Å². The van der Waals surface area contributed by atoms with E-state index in [1.54, 1.807) is 40.1 Å². The minimum Gasteiger partial charge on any atom is -0.454 e. The summed E-state index contributed by atoms with van der Waals surface area (Å²) in [6.45, 7) is 4.35. The summed E-state index contributed by atoms with van der Waals surface area (Å²) in [7, 11) is 3.84. The number of carbonyl (C=O) groups is 4. The van der Waals surface area contributed by atoms with E-state index < -0.39 is 18.1 Å². The number of likely N-dealkylation sites (tertiary alicyclic amines) is 2. The van der Waals surface area contributed by atoms with Gasteiger partial charge in [-0.05, 0) is 61.2 Å². The summed E-state index contributed by atoms with van der Waals surface area (Å²) in [5.41, 5.74) is 1.82. The van der Waals surface area contributed by atoms with Crippen molar-refractivity contribution in [2.75, 3.05) is 38.9 Å². The van der Waals surface area contributed by atoms with Crippen molar-refractivity contribution in [3.05, 3.63) is 53.6 Å². The molecule has 39 heavy (non-hydrogen) atoms. The summed E-state index contributed by atoms with van der Waals surface area (Å²) in [6.07, 6.45) is 0.926. The highest BCUT2D eigenvalue weighted by molar-refractivity contribution is 6.03. The maximum absolute atomic E-state index is 13.8. The highest BCUT2D eigenvalue weighted by atomic mass is 16.7. The van der Waals surface area contributed by atoms with Crippen LogP contribution in [0.4, 0.5) is 5.69 Å². The van der Waals surface area contributed by atoms with Crippen LogP contribution in [-0.2, 0) is 9.59 Å². The molecule has 10 nitrogen and oxygen atoms in total. The average molecular weight is 535 g/mol. The Morgan fingerprint density at radius 1 is 1.00 bits per heavy atom. The Kier molecular flexibility index (Phi) is 7.20. The summed E-state index contributed by atoms with van der Waals surface area (Å²) in [5.74, 6) is 0.122. The number of carbonyl (C=O) groups excluding carboxylic acids is 4. The lowest BCUT2D eigenvalue weighted by Crippen LogP contribution is -2.53. The van der Waals surface area contributed by atoms with Gasteiger partial charge in [-0.15, -0.1) is 0 Å². The van der Waals surface area contributed by atoms with E-state index in [0.29, 0.717) is 42.0 Å². The van der Waals surface area contributed by atoms with Gasteiger partial charge in [0.25, 0.3) is 11.8 Å². The smallest absolute Gasteiger partial charge is 0.254 e. The molecule has 1 N–H and O–H groups in total. The topological polar surface area (TPSA) is 108 Å². The maximum atomic E-state index is 13.8. The number of benzene rings is 2. The fraction of sp³-hybridized carbons (Fsp3) is 0.448. The second kappa shape index (κ2) is 10.6. The molecule has 3 amide bonds. The lowest BCUT2D eigenvalue weighted by Gasteiger charge is -2.29. The zero-order valence-electron chi connectivity index (χ0n) is 22.7. The summed E-state index contributed by atoms with van der Waals surface area (Å²) in [6, 6.07) is 10.2. The standard InChI is InChI=1S/C29H34N4O6/c1-17(2)13-21(30-27(35)18-5-8-20(9-6-18)31(3)4)29(37)32-12-11-22-26(32)23(34)15-33(22)28(36)19-7-10-24-25(14-19)39-16-38-24/h5-10,14,17,21-22,26H,11-13,15-16H2,1-4H3,(H,30,35)/t21-,22?,26?/m0/s1. The predicted molar refractivity (Wildman–Crippen MR) is 144 cm³/mol. The van der Waals surface area contributed by atoms with Crippen LogP contribution in [-0.4, -0.2) is 85.4 Å². The number of nitrogens with one attached hydrogen (secondary N) is 1. The van der Waals surface area contributed by atoms with Gasteiger partial charge >= 0.3 is 0 Å². The molecule has 2 aromatic rings. The van der Waals surface area contributed by atoms with Gasteiger partial charge in [-0.2, -0.15) is 0 Å². The summed E-state index contributed by atoms with van der Waals surface area (Å²) in [4.78, 5) is 58.4. The molecule has 206 valence electrons. The molecule has 10 heteroatoms. The molecule has 2 fully saturated rings. The van der Waals surface area contributed by atoms with Crippen molar-refractivity contribution >= 4 is 29.2 Å². The van der Waals surface area contributed by atoms with E-state index in [-0.39, 0.29) is 42.8 Å². The van der Waals surface area contributed by atoms with Crippen LogP contribution >= 0.6 is 0 Å². The molecule has 3 aliphatic heterocycles. The molecule has 0 aromatic heterocycles. The van der Waals surface area contributed by atoms with Crippen LogP contribution in [0.25, 0.3) is 0 Å². The molecule has 0 bridgehead atoms. The van der Waals surface area contributed by atoms with Crippen molar-refractivity contribution in [2.45, 2.75) is 44.8 Å². The van der Waals surface area contributed by atoms with Crippen LogP contribution in [0.5, 0.6) is 11.5 Å². The van der Waals surface area contributed by atoms with E-state index in [2.05, 4.69) is 5.32 Å². The Morgan fingerprint density at radius 3 is 2.38 bits per heavy atom. The number of hydrogen-bond acceptors (Lipinski definition) is 7. The van der Waals surface area contributed by atoms with Gasteiger partial charge in [0.05, 0.1) is 12.6 Å². The number of fused-ring (bicyclic) bond motifs is 2. The summed E-state index contributed by atoms with van der Waals surface area (Å²) < 4.78 is 10.7. The Labute approximate surface area is 227 Å². The normalized spacial score (nSPS) is 20.3. The monoisotopic (exact) mass is 534 g/mol.